The van der Waals surface area contributed by atoms with Crippen LogP contribution < -0.4 is 0 Å². The van der Waals surface area contributed by atoms with Gasteiger partial charge in [-0.3, -0.25) is 0 Å². The normalized spacial score (nSPS) is 11.6. The Labute approximate surface area is 324 Å². The fourth-order valence-electron chi connectivity index (χ4n) is 8.30. The number of pyridine rings is 2. The quantitative estimate of drug-likeness (QED) is 0.172. The summed E-state index contributed by atoms with van der Waals surface area (Å²) < 4.78 is 4.80. The Morgan fingerprint density at radius 2 is 0.696 bits per heavy atom. The molecule has 4 aromatic heterocycles. The molecule has 56 heavy (non-hydrogen) atoms. The summed E-state index contributed by atoms with van der Waals surface area (Å²) in [7, 11) is 0. The van der Waals surface area contributed by atoms with Crippen LogP contribution in [0.15, 0.2) is 206 Å². The number of benzene rings is 7. The van der Waals surface area contributed by atoms with E-state index in [2.05, 4.69) is 203 Å². The number of aromatic nitrogens is 4. The lowest BCUT2D eigenvalue weighted by Crippen LogP contribution is -1.94. The summed E-state index contributed by atoms with van der Waals surface area (Å²) in [6, 6.07) is 73.0. The van der Waals surface area contributed by atoms with Crippen LogP contribution in [0.1, 0.15) is 0 Å². The van der Waals surface area contributed by atoms with Crippen LogP contribution in [0.4, 0.5) is 0 Å². The van der Waals surface area contributed by atoms with Crippen molar-refractivity contribution in [3.8, 4) is 56.4 Å². The highest BCUT2D eigenvalue weighted by Gasteiger charge is 2.19. The van der Waals surface area contributed by atoms with Gasteiger partial charge in [-0.25, -0.2) is 9.97 Å². The van der Waals surface area contributed by atoms with Gasteiger partial charge in [-0.2, -0.15) is 0 Å². The minimum atomic E-state index is 0.903. The van der Waals surface area contributed by atoms with Crippen molar-refractivity contribution in [2.45, 2.75) is 0 Å². The lowest BCUT2D eigenvalue weighted by molar-refractivity contribution is 1.17. The number of hydrogen-bond donors (Lipinski definition) is 0. The van der Waals surface area contributed by atoms with E-state index < -0.39 is 0 Å². The first kappa shape index (κ1) is 31.9. The second-order valence-corrected chi connectivity index (χ2v) is 14.2. The highest BCUT2D eigenvalue weighted by Crippen LogP contribution is 2.41. The zero-order valence-electron chi connectivity index (χ0n) is 30.4. The number of nitrogens with zero attached hydrogens (tertiary/aromatic N) is 4. The minimum absolute atomic E-state index is 0.903. The molecule has 11 rings (SSSR count). The van der Waals surface area contributed by atoms with Crippen LogP contribution >= 0.6 is 0 Å². The Bertz CT molecular complexity index is 3160. The lowest BCUT2D eigenvalue weighted by atomic mass is 10.0. The summed E-state index contributed by atoms with van der Waals surface area (Å²) in [5.74, 6) is 0. The van der Waals surface area contributed by atoms with Crippen LogP contribution in [0.2, 0.25) is 0 Å². The lowest BCUT2D eigenvalue weighted by Gasteiger charge is -2.11. The van der Waals surface area contributed by atoms with Crippen molar-refractivity contribution in [1.82, 2.24) is 19.1 Å². The topological polar surface area (TPSA) is 35.6 Å². The maximum absolute atomic E-state index is 5.33. The molecule has 0 radical (unpaired) electrons. The number of fused-ring (bicyclic) bond motifs is 6. The van der Waals surface area contributed by atoms with Crippen molar-refractivity contribution in [2.75, 3.05) is 0 Å². The first-order chi connectivity index (χ1) is 27.8. The molecule has 0 saturated heterocycles. The van der Waals surface area contributed by atoms with Gasteiger partial charge in [0, 0.05) is 55.2 Å². The van der Waals surface area contributed by atoms with Crippen molar-refractivity contribution in [1.29, 1.82) is 0 Å². The first-order valence-corrected chi connectivity index (χ1v) is 19.0. The van der Waals surface area contributed by atoms with Crippen LogP contribution in [-0.4, -0.2) is 19.1 Å². The van der Waals surface area contributed by atoms with E-state index in [0.29, 0.717) is 0 Å². The third-order valence-electron chi connectivity index (χ3n) is 10.9. The highest BCUT2D eigenvalue weighted by molar-refractivity contribution is 6.19. The molecule has 0 aliphatic carbocycles. The molecule has 262 valence electrons. The van der Waals surface area contributed by atoms with Crippen molar-refractivity contribution in [2.24, 2.45) is 0 Å². The van der Waals surface area contributed by atoms with E-state index in [0.717, 1.165) is 61.9 Å². The molecule has 0 unspecified atom stereocenters. The van der Waals surface area contributed by atoms with E-state index in [-0.39, 0.29) is 0 Å². The molecule has 4 heterocycles. The van der Waals surface area contributed by atoms with Crippen molar-refractivity contribution < 1.29 is 0 Å². The third kappa shape index (κ3) is 5.31. The highest BCUT2D eigenvalue weighted by atomic mass is 15.0. The molecule has 0 atom stereocenters. The molecule has 0 amide bonds. The van der Waals surface area contributed by atoms with Gasteiger partial charge < -0.3 is 9.13 Å². The molecule has 0 aliphatic rings. The van der Waals surface area contributed by atoms with Gasteiger partial charge in [-0.05, 0) is 78.9 Å². The van der Waals surface area contributed by atoms with E-state index in [1.807, 2.05) is 12.1 Å². The van der Waals surface area contributed by atoms with E-state index in [4.69, 9.17) is 9.97 Å². The second kappa shape index (κ2) is 13.1. The van der Waals surface area contributed by atoms with Gasteiger partial charge in [0.05, 0.1) is 44.8 Å². The van der Waals surface area contributed by atoms with Crippen LogP contribution in [-0.2, 0) is 0 Å². The molecule has 0 saturated carbocycles. The molecule has 0 spiro atoms. The number of rotatable bonds is 6. The average Bonchev–Trinajstić information content (AvgIpc) is 3.78. The first-order valence-electron chi connectivity index (χ1n) is 19.0. The predicted octanol–water partition coefficient (Wildman–Crippen LogP) is 13.3. The van der Waals surface area contributed by atoms with Gasteiger partial charge in [0.25, 0.3) is 0 Å². The fraction of sp³-hybridized carbons (Fsp3) is 0. The Morgan fingerprint density at radius 3 is 1.29 bits per heavy atom. The Kier molecular flexibility index (Phi) is 7.46. The van der Waals surface area contributed by atoms with Gasteiger partial charge in [0.15, 0.2) is 0 Å². The van der Waals surface area contributed by atoms with Crippen LogP contribution in [0, 0.1) is 0 Å². The Balaban J connectivity index is 1.12. The van der Waals surface area contributed by atoms with E-state index in [9.17, 15) is 0 Å². The molecule has 7 aromatic carbocycles. The number of hydrogen-bond acceptors (Lipinski definition) is 2. The monoisotopic (exact) mass is 714 g/mol. The van der Waals surface area contributed by atoms with Crippen molar-refractivity contribution in [3.63, 3.8) is 0 Å². The Morgan fingerprint density at radius 1 is 0.250 bits per heavy atom. The van der Waals surface area contributed by atoms with Crippen LogP contribution in [0.25, 0.3) is 100 Å². The van der Waals surface area contributed by atoms with Crippen LogP contribution in [0.5, 0.6) is 0 Å². The molecule has 4 nitrogen and oxygen atoms in total. The second-order valence-electron chi connectivity index (χ2n) is 14.2. The zero-order chi connectivity index (χ0) is 37.0. The SMILES string of the molecule is c1ccc(-c2cc(-c3cccc(-c4ccc5c(c4)c4cc6c(cc4n5-c4ccccc4)c4ccccc4n6-c4ccccc4)n3)cc(-c3ccccc3)n2)cc1. The van der Waals surface area contributed by atoms with E-state index >= 15 is 0 Å². The molecular formula is C52H34N4. The van der Waals surface area contributed by atoms with E-state index in [1.165, 1.54) is 38.1 Å². The van der Waals surface area contributed by atoms with Gasteiger partial charge >= 0.3 is 0 Å². The van der Waals surface area contributed by atoms with Crippen molar-refractivity contribution >= 4 is 43.6 Å². The standard InChI is InChI=1S/C52H34N4/c1-5-16-35(17-6-1)47-31-38(32-48(54-47)36-18-7-2-8-19-36)46-26-15-25-45(53-46)37-28-29-50-42(30-37)44-34-51-43(33-52(44)56(50)40-22-11-4-12-23-40)41-24-13-14-27-49(41)55(51)39-20-9-3-10-21-39/h1-34H. The summed E-state index contributed by atoms with van der Waals surface area (Å²) in [6.07, 6.45) is 0. The molecule has 4 heteroatoms. The number of para-hydroxylation sites is 3. The minimum Gasteiger partial charge on any atom is -0.309 e. The molecule has 0 N–H and O–H groups in total. The molecule has 11 aromatic rings. The molecular weight excluding hydrogens is 681 g/mol. The average molecular weight is 715 g/mol. The zero-order valence-corrected chi connectivity index (χ0v) is 30.4. The molecule has 0 fully saturated rings. The molecule has 0 bridgehead atoms. The van der Waals surface area contributed by atoms with Crippen LogP contribution in [0.3, 0.4) is 0 Å². The smallest absolute Gasteiger partial charge is 0.0716 e. The summed E-state index contributed by atoms with van der Waals surface area (Å²) in [4.78, 5) is 10.4. The Hall–Kier alpha value is -7.56. The maximum atomic E-state index is 5.33. The summed E-state index contributed by atoms with van der Waals surface area (Å²) in [5, 5.41) is 4.85. The fourth-order valence-corrected chi connectivity index (χ4v) is 8.30. The van der Waals surface area contributed by atoms with Gasteiger partial charge in [-0.1, -0.05) is 127 Å². The molecule has 0 aliphatic heterocycles. The largest absolute Gasteiger partial charge is 0.309 e. The summed E-state index contributed by atoms with van der Waals surface area (Å²) in [6.45, 7) is 0. The third-order valence-corrected chi connectivity index (χ3v) is 10.9. The van der Waals surface area contributed by atoms with Gasteiger partial charge in [0.1, 0.15) is 0 Å². The predicted molar refractivity (Wildman–Crippen MR) is 232 cm³/mol. The van der Waals surface area contributed by atoms with E-state index in [1.54, 1.807) is 0 Å². The maximum Gasteiger partial charge on any atom is 0.0716 e. The van der Waals surface area contributed by atoms with Gasteiger partial charge in [-0.15, -0.1) is 0 Å². The summed E-state index contributed by atoms with van der Waals surface area (Å²) in [5.41, 5.74) is 14.9. The van der Waals surface area contributed by atoms with Crippen molar-refractivity contribution in [3.05, 3.63) is 206 Å². The summed E-state index contributed by atoms with van der Waals surface area (Å²) >= 11 is 0. The van der Waals surface area contributed by atoms with Gasteiger partial charge in [0.2, 0.25) is 0 Å².